The van der Waals surface area contributed by atoms with Crippen LogP contribution in [0, 0.1) is 5.41 Å². The van der Waals surface area contributed by atoms with Gasteiger partial charge in [0.25, 0.3) is 0 Å². The molecule has 2 aromatic rings. The number of carboxylic acid groups (broad SMARTS) is 1. The first-order chi connectivity index (χ1) is 8.95. The molecule has 1 aliphatic rings. The van der Waals surface area contributed by atoms with Crippen molar-refractivity contribution in [3.05, 3.63) is 35.6 Å². The summed E-state index contributed by atoms with van der Waals surface area (Å²) in [5.74, 6) is -1.04. The average Bonchev–Trinajstić information content (AvgIpc) is 2.78. The minimum Gasteiger partial charge on any atom is -0.475 e. The third kappa shape index (κ3) is 2.36. The van der Waals surface area contributed by atoms with Gasteiger partial charge in [-0.3, -0.25) is 0 Å². The second-order valence-corrected chi connectivity index (χ2v) is 5.91. The van der Waals surface area contributed by atoms with Gasteiger partial charge in [-0.2, -0.15) is 0 Å². The third-order valence-corrected chi connectivity index (χ3v) is 3.86. The van der Waals surface area contributed by atoms with Crippen molar-refractivity contribution in [2.24, 2.45) is 5.41 Å². The molecule has 1 aromatic heterocycles. The minimum absolute atomic E-state index is 0.0107. The summed E-state index contributed by atoms with van der Waals surface area (Å²) in [6.07, 6.45) is 1.21. The minimum atomic E-state index is -1.03. The Labute approximate surface area is 111 Å². The lowest BCUT2D eigenvalue weighted by Crippen LogP contribution is -2.19. The number of carboxylic acids is 1. The van der Waals surface area contributed by atoms with Gasteiger partial charge in [0.15, 0.2) is 0 Å². The number of carbonyl (C=O) groups is 1. The molecule has 0 spiro atoms. The number of fused-ring (bicyclic) bond motifs is 1. The van der Waals surface area contributed by atoms with E-state index in [2.05, 4.69) is 19.2 Å². The van der Waals surface area contributed by atoms with Crippen LogP contribution in [0.25, 0.3) is 11.0 Å². The highest BCUT2D eigenvalue weighted by molar-refractivity contribution is 5.91. The van der Waals surface area contributed by atoms with Crippen LogP contribution in [-0.4, -0.2) is 17.1 Å². The molecule has 1 fully saturated rings. The summed E-state index contributed by atoms with van der Waals surface area (Å²) in [7, 11) is 0. The second-order valence-electron chi connectivity index (χ2n) is 5.91. The summed E-state index contributed by atoms with van der Waals surface area (Å²) in [4.78, 5) is 10.8. The van der Waals surface area contributed by atoms with Gasteiger partial charge in [-0.15, -0.1) is 0 Å². The van der Waals surface area contributed by atoms with Gasteiger partial charge in [0.1, 0.15) is 5.58 Å². The van der Waals surface area contributed by atoms with Crippen molar-refractivity contribution in [3.63, 3.8) is 0 Å². The lowest BCUT2D eigenvalue weighted by molar-refractivity contribution is 0.0665. The lowest BCUT2D eigenvalue weighted by Gasteiger charge is -2.06. The van der Waals surface area contributed by atoms with E-state index in [1.54, 1.807) is 6.07 Å². The number of furan rings is 1. The standard InChI is InChI=1S/C15H17NO3/c1-15(2)7-13(15)16-8-9-3-4-11-10(5-9)6-12(19-11)14(17)18/h3-6,13,16H,7-8H2,1-2H3,(H,17,18). The van der Waals surface area contributed by atoms with Gasteiger partial charge in [-0.1, -0.05) is 19.9 Å². The first-order valence-corrected chi connectivity index (χ1v) is 6.45. The Morgan fingerprint density at radius 2 is 2.21 bits per heavy atom. The molecule has 1 saturated carbocycles. The molecule has 0 saturated heterocycles. The maximum atomic E-state index is 10.8. The van der Waals surface area contributed by atoms with Crippen molar-refractivity contribution in [1.82, 2.24) is 5.32 Å². The fourth-order valence-corrected chi connectivity index (χ4v) is 2.36. The van der Waals surface area contributed by atoms with Crippen molar-refractivity contribution >= 4 is 16.9 Å². The zero-order valence-corrected chi connectivity index (χ0v) is 11.1. The Bertz CT molecular complexity index is 642. The summed E-state index contributed by atoms with van der Waals surface area (Å²) in [6.45, 7) is 5.31. The monoisotopic (exact) mass is 259 g/mol. The van der Waals surface area contributed by atoms with Crippen molar-refractivity contribution in [1.29, 1.82) is 0 Å². The molecule has 2 N–H and O–H groups in total. The molecule has 0 bridgehead atoms. The number of hydrogen-bond donors (Lipinski definition) is 2. The topological polar surface area (TPSA) is 62.5 Å². The first-order valence-electron chi connectivity index (χ1n) is 6.45. The normalized spacial score (nSPS) is 20.6. The smallest absolute Gasteiger partial charge is 0.371 e. The molecule has 19 heavy (non-hydrogen) atoms. The number of aromatic carboxylic acids is 1. The predicted molar refractivity (Wildman–Crippen MR) is 72.2 cm³/mol. The van der Waals surface area contributed by atoms with E-state index in [0.29, 0.717) is 17.0 Å². The molecule has 100 valence electrons. The third-order valence-electron chi connectivity index (χ3n) is 3.86. The molecule has 0 amide bonds. The van der Waals surface area contributed by atoms with Crippen LogP contribution in [0.5, 0.6) is 0 Å². The van der Waals surface area contributed by atoms with Crippen LogP contribution in [0.4, 0.5) is 0 Å². The summed E-state index contributed by atoms with van der Waals surface area (Å²) in [6, 6.07) is 7.94. The molecule has 1 heterocycles. The molecule has 3 rings (SSSR count). The van der Waals surface area contributed by atoms with Crippen molar-refractivity contribution in [3.8, 4) is 0 Å². The quantitative estimate of drug-likeness (QED) is 0.886. The largest absolute Gasteiger partial charge is 0.475 e. The van der Waals surface area contributed by atoms with Crippen LogP contribution in [0.2, 0.25) is 0 Å². The van der Waals surface area contributed by atoms with Crippen LogP contribution in [0.15, 0.2) is 28.7 Å². The molecule has 0 radical (unpaired) electrons. The van der Waals surface area contributed by atoms with Gasteiger partial charge in [0.2, 0.25) is 5.76 Å². The summed E-state index contributed by atoms with van der Waals surface area (Å²) in [5.41, 5.74) is 2.18. The van der Waals surface area contributed by atoms with Gasteiger partial charge in [0.05, 0.1) is 0 Å². The van der Waals surface area contributed by atoms with Gasteiger partial charge in [-0.05, 0) is 35.6 Å². The second kappa shape index (κ2) is 4.10. The number of rotatable bonds is 4. The molecule has 1 aromatic carbocycles. The van der Waals surface area contributed by atoms with E-state index in [1.165, 1.54) is 6.42 Å². The Morgan fingerprint density at radius 3 is 2.84 bits per heavy atom. The Hall–Kier alpha value is -1.81. The van der Waals surface area contributed by atoms with E-state index in [-0.39, 0.29) is 5.76 Å². The average molecular weight is 259 g/mol. The Morgan fingerprint density at radius 1 is 1.47 bits per heavy atom. The summed E-state index contributed by atoms with van der Waals surface area (Å²) >= 11 is 0. The number of benzene rings is 1. The predicted octanol–water partition coefficient (Wildman–Crippen LogP) is 3.02. The van der Waals surface area contributed by atoms with Gasteiger partial charge in [0, 0.05) is 18.0 Å². The lowest BCUT2D eigenvalue weighted by atomic mass is 10.1. The number of hydrogen-bond acceptors (Lipinski definition) is 3. The Kier molecular flexibility index (Phi) is 2.64. The molecule has 1 aliphatic carbocycles. The van der Waals surface area contributed by atoms with E-state index in [0.717, 1.165) is 17.5 Å². The summed E-state index contributed by atoms with van der Waals surface area (Å²) in [5, 5.41) is 13.2. The van der Waals surface area contributed by atoms with Crippen LogP contribution < -0.4 is 5.32 Å². The van der Waals surface area contributed by atoms with Crippen LogP contribution >= 0.6 is 0 Å². The van der Waals surface area contributed by atoms with E-state index >= 15 is 0 Å². The molecular formula is C15H17NO3. The molecule has 4 nitrogen and oxygen atoms in total. The molecule has 1 unspecified atom stereocenters. The molecule has 1 atom stereocenters. The van der Waals surface area contributed by atoms with Crippen molar-refractivity contribution < 1.29 is 14.3 Å². The fourth-order valence-electron chi connectivity index (χ4n) is 2.36. The van der Waals surface area contributed by atoms with E-state index in [4.69, 9.17) is 9.52 Å². The zero-order valence-electron chi connectivity index (χ0n) is 11.1. The van der Waals surface area contributed by atoms with E-state index < -0.39 is 5.97 Å². The van der Waals surface area contributed by atoms with Gasteiger partial charge < -0.3 is 14.8 Å². The summed E-state index contributed by atoms with van der Waals surface area (Å²) < 4.78 is 5.24. The molecule has 4 heteroatoms. The highest BCUT2D eigenvalue weighted by Gasteiger charge is 2.44. The Balaban J connectivity index is 1.76. The maximum absolute atomic E-state index is 10.8. The number of nitrogens with one attached hydrogen (secondary N) is 1. The van der Waals surface area contributed by atoms with Gasteiger partial charge in [-0.25, -0.2) is 4.79 Å². The van der Waals surface area contributed by atoms with Gasteiger partial charge >= 0.3 is 5.97 Å². The molecule has 0 aliphatic heterocycles. The highest BCUT2D eigenvalue weighted by atomic mass is 16.4. The van der Waals surface area contributed by atoms with Crippen LogP contribution in [0.1, 0.15) is 36.4 Å². The zero-order chi connectivity index (χ0) is 13.6. The SMILES string of the molecule is CC1(C)CC1NCc1ccc2oc(C(=O)O)cc2c1. The maximum Gasteiger partial charge on any atom is 0.371 e. The molecular weight excluding hydrogens is 242 g/mol. The fraction of sp³-hybridized carbons (Fsp3) is 0.400. The van der Waals surface area contributed by atoms with Crippen LogP contribution in [-0.2, 0) is 6.54 Å². The highest BCUT2D eigenvalue weighted by Crippen LogP contribution is 2.44. The first kappa shape index (κ1) is 12.2. The van der Waals surface area contributed by atoms with E-state index in [9.17, 15) is 4.79 Å². The van der Waals surface area contributed by atoms with E-state index in [1.807, 2.05) is 18.2 Å². The van der Waals surface area contributed by atoms with Crippen molar-refractivity contribution in [2.75, 3.05) is 0 Å². The van der Waals surface area contributed by atoms with Crippen LogP contribution in [0.3, 0.4) is 0 Å². The van der Waals surface area contributed by atoms with Crippen molar-refractivity contribution in [2.45, 2.75) is 32.9 Å².